The molecule has 0 spiro atoms. The van der Waals surface area contributed by atoms with Crippen LogP contribution < -0.4 is 0 Å². The molecule has 7 nitrogen and oxygen atoms in total. The first kappa shape index (κ1) is 14.0. The fraction of sp³-hybridized carbons (Fsp3) is 0. The van der Waals surface area contributed by atoms with Gasteiger partial charge in [0.1, 0.15) is 15.9 Å². The van der Waals surface area contributed by atoms with Gasteiger partial charge in [-0.05, 0) is 24.3 Å². The summed E-state index contributed by atoms with van der Waals surface area (Å²) in [5.41, 5.74) is 4.46. The lowest BCUT2D eigenvalue weighted by atomic mass is 10.2. The number of pyridine rings is 2. The van der Waals surface area contributed by atoms with E-state index in [-0.39, 0.29) is 5.88 Å². The molecular formula is C17H10N6OS. The Bertz CT molecular complexity index is 1210. The van der Waals surface area contributed by atoms with E-state index in [9.17, 15) is 5.11 Å². The maximum Gasteiger partial charge on any atom is 0.233 e. The van der Waals surface area contributed by atoms with E-state index in [4.69, 9.17) is 0 Å². The average Bonchev–Trinajstić information content (AvgIpc) is 3.28. The van der Waals surface area contributed by atoms with Gasteiger partial charge in [-0.15, -0.1) is 11.3 Å². The van der Waals surface area contributed by atoms with Crippen LogP contribution >= 0.6 is 11.3 Å². The molecule has 0 atom stereocenters. The van der Waals surface area contributed by atoms with Crippen LogP contribution in [0.2, 0.25) is 0 Å². The Labute approximate surface area is 145 Å². The predicted octanol–water partition coefficient (Wildman–Crippen LogP) is 3.40. The summed E-state index contributed by atoms with van der Waals surface area (Å²) in [7, 11) is 0. The second-order valence-electron chi connectivity index (χ2n) is 5.41. The van der Waals surface area contributed by atoms with Crippen molar-refractivity contribution in [2.24, 2.45) is 0 Å². The number of aromatic hydroxyl groups is 1. The number of aromatic amines is 1. The molecule has 0 unspecified atom stereocenters. The van der Waals surface area contributed by atoms with Gasteiger partial charge in [-0.1, -0.05) is 6.07 Å². The largest absolute Gasteiger partial charge is 0.492 e. The highest BCUT2D eigenvalue weighted by molar-refractivity contribution is 7.18. The zero-order valence-electron chi connectivity index (χ0n) is 12.7. The van der Waals surface area contributed by atoms with Crippen molar-refractivity contribution in [3.63, 3.8) is 0 Å². The normalized spacial score (nSPS) is 11.4. The van der Waals surface area contributed by atoms with E-state index in [1.54, 1.807) is 18.5 Å². The van der Waals surface area contributed by atoms with Gasteiger partial charge in [0.25, 0.3) is 0 Å². The highest BCUT2D eigenvalue weighted by atomic mass is 32.1. The number of nitrogens with zero attached hydrogens (tertiary/aromatic N) is 5. The van der Waals surface area contributed by atoms with E-state index >= 15 is 0 Å². The van der Waals surface area contributed by atoms with Crippen LogP contribution in [0.1, 0.15) is 0 Å². The molecule has 120 valence electrons. The number of aromatic nitrogens is 6. The molecule has 0 radical (unpaired) electrons. The molecular weight excluding hydrogens is 336 g/mol. The van der Waals surface area contributed by atoms with E-state index < -0.39 is 0 Å². The lowest BCUT2D eigenvalue weighted by Gasteiger charge is -2.03. The first-order chi connectivity index (χ1) is 12.3. The lowest BCUT2D eigenvalue weighted by molar-refractivity contribution is 0.461. The first-order valence-electron chi connectivity index (χ1n) is 7.50. The molecule has 0 amide bonds. The monoisotopic (exact) mass is 346 g/mol. The third kappa shape index (κ3) is 2.23. The molecule has 5 heterocycles. The summed E-state index contributed by atoms with van der Waals surface area (Å²) in [5, 5.41) is 19.1. The Hall–Kier alpha value is -3.39. The fourth-order valence-electron chi connectivity index (χ4n) is 2.68. The Morgan fingerprint density at radius 2 is 1.96 bits per heavy atom. The fourth-order valence-corrected chi connectivity index (χ4v) is 3.56. The van der Waals surface area contributed by atoms with E-state index in [0.717, 1.165) is 22.3 Å². The van der Waals surface area contributed by atoms with Gasteiger partial charge in [-0.2, -0.15) is 10.1 Å². The molecule has 0 fully saturated rings. The van der Waals surface area contributed by atoms with E-state index in [2.05, 4.69) is 30.1 Å². The molecule has 0 saturated heterocycles. The Balaban J connectivity index is 1.74. The van der Waals surface area contributed by atoms with E-state index in [1.807, 2.05) is 29.6 Å². The minimum Gasteiger partial charge on any atom is -0.492 e. The minimum absolute atomic E-state index is 0.0544. The van der Waals surface area contributed by atoms with Crippen molar-refractivity contribution >= 4 is 32.6 Å². The number of fused-ring (bicyclic) bond motifs is 2. The molecule has 25 heavy (non-hydrogen) atoms. The van der Waals surface area contributed by atoms with Crippen LogP contribution in [0.5, 0.6) is 5.88 Å². The van der Waals surface area contributed by atoms with E-state index in [0.29, 0.717) is 21.7 Å². The van der Waals surface area contributed by atoms with Crippen LogP contribution in [-0.2, 0) is 0 Å². The third-order valence-electron chi connectivity index (χ3n) is 3.86. The SMILES string of the molecule is Oc1nc(-c2ccc3[nH]ncc3n2)nc2c(-c3ccccn3)csc12. The second-order valence-corrected chi connectivity index (χ2v) is 6.29. The zero-order valence-corrected chi connectivity index (χ0v) is 13.5. The molecule has 5 rings (SSSR count). The van der Waals surface area contributed by atoms with Crippen molar-refractivity contribution in [3.05, 3.63) is 48.1 Å². The van der Waals surface area contributed by atoms with Gasteiger partial charge >= 0.3 is 0 Å². The van der Waals surface area contributed by atoms with E-state index in [1.165, 1.54) is 11.3 Å². The Kier molecular flexibility index (Phi) is 2.98. The van der Waals surface area contributed by atoms with Crippen molar-refractivity contribution in [3.8, 4) is 28.7 Å². The van der Waals surface area contributed by atoms with Crippen molar-refractivity contribution in [2.45, 2.75) is 0 Å². The summed E-state index contributed by atoms with van der Waals surface area (Å²) in [5.74, 6) is 0.310. The summed E-state index contributed by atoms with van der Waals surface area (Å²) in [4.78, 5) is 17.7. The minimum atomic E-state index is -0.0544. The molecule has 0 aliphatic rings. The van der Waals surface area contributed by atoms with Gasteiger partial charge < -0.3 is 5.11 Å². The van der Waals surface area contributed by atoms with Crippen molar-refractivity contribution in [1.29, 1.82) is 0 Å². The van der Waals surface area contributed by atoms with Gasteiger partial charge in [0.15, 0.2) is 5.82 Å². The molecule has 5 aromatic rings. The van der Waals surface area contributed by atoms with Crippen LogP contribution in [-0.4, -0.2) is 35.2 Å². The Morgan fingerprint density at radius 1 is 1.00 bits per heavy atom. The molecule has 0 bridgehead atoms. The number of thiophene rings is 1. The highest BCUT2D eigenvalue weighted by Gasteiger charge is 2.16. The van der Waals surface area contributed by atoms with Crippen LogP contribution in [0.15, 0.2) is 48.1 Å². The second kappa shape index (κ2) is 5.32. The number of hydrogen-bond acceptors (Lipinski definition) is 7. The van der Waals surface area contributed by atoms with Gasteiger partial charge in [0.2, 0.25) is 5.88 Å². The van der Waals surface area contributed by atoms with Gasteiger partial charge in [-0.25, -0.2) is 9.97 Å². The van der Waals surface area contributed by atoms with Gasteiger partial charge in [0.05, 0.1) is 22.9 Å². The van der Waals surface area contributed by atoms with Crippen LogP contribution in [0.25, 0.3) is 44.0 Å². The Morgan fingerprint density at radius 3 is 2.84 bits per heavy atom. The smallest absolute Gasteiger partial charge is 0.233 e. The quantitative estimate of drug-likeness (QED) is 0.508. The molecule has 2 N–H and O–H groups in total. The lowest BCUT2D eigenvalue weighted by Crippen LogP contribution is -1.93. The van der Waals surface area contributed by atoms with Gasteiger partial charge in [0, 0.05) is 17.1 Å². The van der Waals surface area contributed by atoms with Crippen LogP contribution in [0.3, 0.4) is 0 Å². The topological polar surface area (TPSA) is 100 Å². The molecule has 0 aliphatic heterocycles. The number of hydrogen-bond donors (Lipinski definition) is 2. The molecule has 5 aromatic heterocycles. The molecule has 8 heteroatoms. The summed E-state index contributed by atoms with van der Waals surface area (Å²) < 4.78 is 0.633. The number of nitrogens with one attached hydrogen (secondary N) is 1. The average molecular weight is 346 g/mol. The van der Waals surface area contributed by atoms with Crippen molar-refractivity contribution in [2.75, 3.05) is 0 Å². The molecule has 0 aromatic carbocycles. The van der Waals surface area contributed by atoms with Crippen molar-refractivity contribution in [1.82, 2.24) is 30.1 Å². The predicted molar refractivity (Wildman–Crippen MR) is 95.2 cm³/mol. The maximum absolute atomic E-state index is 10.3. The van der Waals surface area contributed by atoms with Crippen LogP contribution in [0.4, 0.5) is 0 Å². The number of rotatable bonds is 2. The highest BCUT2D eigenvalue weighted by Crippen LogP contribution is 2.37. The molecule has 0 aliphatic carbocycles. The van der Waals surface area contributed by atoms with Crippen LogP contribution in [0, 0.1) is 0 Å². The first-order valence-corrected chi connectivity index (χ1v) is 8.38. The van der Waals surface area contributed by atoms with Crippen molar-refractivity contribution < 1.29 is 5.11 Å². The molecule has 0 saturated carbocycles. The summed E-state index contributed by atoms with van der Waals surface area (Å²) in [6.45, 7) is 0. The third-order valence-corrected chi connectivity index (χ3v) is 4.83. The standard InChI is InChI=1S/C17H10N6OS/c24-17-15-14(9(8-25-15)10-3-1-2-6-18-10)21-16(22-17)12-5-4-11-13(20-12)7-19-23-11/h1-8H,(H,19,23)(H,21,22,24). The zero-order chi connectivity index (χ0) is 16.8. The number of H-pyrrole nitrogens is 1. The van der Waals surface area contributed by atoms with Gasteiger partial charge in [-0.3, -0.25) is 10.1 Å². The summed E-state index contributed by atoms with van der Waals surface area (Å²) in [6.07, 6.45) is 3.37. The maximum atomic E-state index is 10.3. The summed E-state index contributed by atoms with van der Waals surface area (Å²) in [6, 6.07) is 9.36. The summed E-state index contributed by atoms with van der Waals surface area (Å²) >= 11 is 1.39.